The first-order chi connectivity index (χ1) is 9.24. The topological polar surface area (TPSA) is 71.0 Å². The average molecular weight is 266 g/mol. The van der Waals surface area contributed by atoms with Crippen molar-refractivity contribution in [3.05, 3.63) is 33.9 Å². The van der Waals surface area contributed by atoms with E-state index in [2.05, 4.69) is 19.1 Å². The first-order valence-corrected chi connectivity index (χ1v) is 6.53. The zero-order chi connectivity index (χ0) is 14.1. The van der Waals surface area contributed by atoms with Crippen LogP contribution in [0.25, 0.3) is 0 Å². The van der Waals surface area contributed by atoms with Crippen LogP contribution in [0.5, 0.6) is 11.5 Å². The molecule has 19 heavy (non-hydrogen) atoms. The lowest BCUT2D eigenvalue weighted by molar-refractivity contribution is 0.200. The summed E-state index contributed by atoms with van der Waals surface area (Å²) in [4.78, 5) is 8.00. The van der Waals surface area contributed by atoms with Crippen LogP contribution in [0, 0.1) is 10.1 Å². The molecule has 0 aliphatic heterocycles. The molecule has 5 nitrogen and oxygen atoms in total. The van der Waals surface area contributed by atoms with Gasteiger partial charge in [-0.05, 0) is 49.8 Å². The van der Waals surface area contributed by atoms with Gasteiger partial charge in [0, 0.05) is 0 Å². The molecule has 0 spiro atoms. The summed E-state index contributed by atoms with van der Waals surface area (Å²) in [6, 6.07) is 6.21. The SMILES string of the molecule is CCc1ccc(OC)c(OC2CCCC2)c1.O=N[O-]. The van der Waals surface area contributed by atoms with E-state index in [9.17, 15) is 0 Å². The number of nitrogens with zero attached hydrogens (tertiary/aromatic N) is 1. The maximum atomic E-state index is 8.00. The van der Waals surface area contributed by atoms with E-state index in [1.54, 1.807) is 7.11 Å². The number of rotatable bonds is 4. The minimum atomic E-state index is 0.390. The van der Waals surface area contributed by atoms with Crippen LogP contribution >= 0.6 is 0 Å². The summed E-state index contributed by atoms with van der Waals surface area (Å²) in [5, 5.41) is 9.00. The van der Waals surface area contributed by atoms with Crippen molar-refractivity contribution >= 4 is 0 Å². The van der Waals surface area contributed by atoms with E-state index in [1.165, 1.54) is 31.2 Å². The Kier molecular flexibility index (Phi) is 6.71. The summed E-state index contributed by atoms with van der Waals surface area (Å²) >= 11 is 0. The van der Waals surface area contributed by atoms with Crippen molar-refractivity contribution < 1.29 is 9.47 Å². The molecule has 0 saturated heterocycles. The van der Waals surface area contributed by atoms with Crippen LogP contribution in [0.4, 0.5) is 0 Å². The summed E-state index contributed by atoms with van der Waals surface area (Å²) < 4.78 is 11.3. The maximum absolute atomic E-state index is 8.00. The van der Waals surface area contributed by atoms with E-state index < -0.39 is 0 Å². The third-order valence-corrected chi connectivity index (χ3v) is 3.23. The Morgan fingerprint density at radius 3 is 2.47 bits per heavy atom. The summed E-state index contributed by atoms with van der Waals surface area (Å²) in [5.74, 6) is 1.76. The molecule has 2 rings (SSSR count). The monoisotopic (exact) mass is 266 g/mol. The van der Waals surface area contributed by atoms with Gasteiger partial charge in [0.15, 0.2) is 11.5 Å². The highest BCUT2D eigenvalue weighted by Gasteiger charge is 2.18. The molecule has 1 aromatic carbocycles. The van der Waals surface area contributed by atoms with Crippen molar-refractivity contribution in [1.82, 2.24) is 0 Å². The summed E-state index contributed by atoms with van der Waals surface area (Å²) in [5.41, 5.74) is 1.30. The normalized spacial score (nSPS) is 14.4. The quantitative estimate of drug-likeness (QED) is 0.613. The number of benzene rings is 1. The van der Waals surface area contributed by atoms with Gasteiger partial charge in [-0.1, -0.05) is 13.0 Å². The van der Waals surface area contributed by atoms with Gasteiger partial charge in [0.05, 0.1) is 13.2 Å². The van der Waals surface area contributed by atoms with Crippen LogP contribution in [-0.2, 0) is 6.42 Å². The molecular weight excluding hydrogens is 246 g/mol. The van der Waals surface area contributed by atoms with Gasteiger partial charge in [-0.15, -0.1) is 5.34 Å². The van der Waals surface area contributed by atoms with Gasteiger partial charge in [0.25, 0.3) is 0 Å². The van der Waals surface area contributed by atoms with Crippen LogP contribution in [0.3, 0.4) is 0 Å². The predicted molar refractivity (Wildman–Crippen MR) is 74.4 cm³/mol. The molecule has 1 aliphatic carbocycles. The average Bonchev–Trinajstić information content (AvgIpc) is 2.92. The summed E-state index contributed by atoms with van der Waals surface area (Å²) in [6.45, 7) is 2.15. The minimum Gasteiger partial charge on any atom is -0.493 e. The van der Waals surface area contributed by atoms with E-state index in [4.69, 9.17) is 19.6 Å². The Bertz CT molecular complexity index is 389. The van der Waals surface area contributed by atoms with Crippen LogP contribution in [-0.4, -0.2) is 13.2 Å². The van der Waals surface area contributed by atoms with Crippen LogP contribution in [0.1, 0.15) is 38.2 Å². The Morgan fingerprint density at radius 1 is 1.32 bits per heavy atom. The van der Waals surface area contributed by atoms with Gasteiger partial charge >= 0.3 is 0 Å². The highest BCUT2D eigenvalue weighted by atomic mass is 16.6. The molecule has 1 saturated carbocycles. The Labute approximate surface area is 113 Å². The molecule has 0 N–H and O–H groups in total. The second kappa shape index (κ2) is 8.34. The molecule has 1 fully saturated rings. The van der Waals surface area contributed by atoms with Gasteiger partial charge in [-0.3, -0.25) is 0 Å². The fraction of sp³-hybridized carbons (Fsp3) is 0.571. The molecule has 1 aliphatic rings. The van der Waals surface area contributed by atoms with Crippen molar-refractivity contribution in [2.45, 2.75) is 45.1 Å². The summed E-state index contributed by atoms with van der Waals surface area (Å²) in [7, 11) is 1.70. The van der Waals surface area contributed by atoms with E-state index in [0.29, 0.717) is 6.10 Å². The number of methoxy groups -OCH3 is 1. The number of ether oxygens (including phenoxy) is 2. The van der Waals surface area contributed by atoms with Crippen molar-refractivity contribution in [2.75, 3.05) is 7.11 Å². The molecule has 0 aromatic heterocycles. The Balaban J connectivity index is 0.000000550. The van der Waals surface area contributed by atoms with Crippen molar-refractivity contribution in [1.29, 1.82) is 0 Å². The van der Waals surface area contributed by atoms with Gasteiger partial charge in [0.2, 0.25) is 0 Å². The number of hydrogen-bond donors (Lipinski definition) is 0. The second-order valence-corrected chi connectivity index (χ2v) is 4.44. The van der Waals surface area contributed by atoms with E-state index in [0.717, 1.165) is 23.3 Å². The molecule has 0 unspecified atom stereocenters. The number of aryl methyl sites for hydroxylation is 1. The van der Waals surface area contributed by atoms with Gasteiger partial charge in [-0.2, -0.15) is 0 Å². The molecular formula is C14H20NO4-. The molecule has 106 valence electrons. The molecule has 0 atom stereocenters. The van der Waals surface area contributed by atoms with Crippen molar-refractivity contribution in [3.63, 3.8) is 0 Å². The van der Waals surface area contributed by atoms with Crippen LogP contribution < -0.4 is 9.47 Å². The predicted octanol–water partition coefficient (Wildman–Crippen LogP) is 3.83. The standard InChI is InChI=1S/C14H20O2.HNO2/c1-3-11-8-9-13(15-2)14(10-11)16-12-6-4-5-7-12;2-1-3/h8-10,12H,3-7H2,1-2H3;(H,2,3)/p-1. The molecule has 5 heteroatoms. The van der Waals surface area contributed by atoms with Crippen molar-refractivity contribution in [3.8, 4) is 11.5 Å². The van der Waals surface area contributed by atoms with E-state index in [-0.39, 0.29) is 0 Å². The van der Waals surface area contributed by atoms with Gasteiger partial charge < -0.3 is 19.6 Å². The van der Waals surface area contributed by atoms with E-state index in [1.807, 2.05) is 6.07 Å². The zero-order valence-electron chi connectivity index (χ0n) is 11.4. The summed E-state index contributed by atoms with van der Waals surface area (Å²) in [6.07, 6.45) is 6.37. The van der Waals surface area contributed by atoms with Crippen LogP contribution in [0.2, 0.25) is 0 Å². The van der Waals surface area contributed by atoms with Gasteiger partial charge in [0.1, 0.15) is 0 Å². The first kappa shape index (κ1) is 15.3. The van der Waals surface area contributed by atoms with Crippen LogP contribution in [0.15, 0.2) is 23.5 Å². The smallest absolute Gasteiger partial charge is 0.161 e. The largest absolute Gasteiger partial charge is 0.493 e. The lowest BCUT2D eigenvalue weighted by Crippen LogP contribution is -2.11. The lowest BCUT2D eigenvalue weighted by Gasteiger charge is -2.16. The van der Waals surface area contributed by atoms with E-state index >= 15 is 0 Å². The third-order valence-electron chi connectivity index (χ3n) is 3.23. The zero-order valence-corrected chi connectivity index (χ0v) is 11.4. The Hall–Kier alpha value is -1.78. The fourth-order valence-corrected chi connectivity index (χ4v) is 2.22. The van der Waals surface area contributed by atoms with Crippen molar-refractivity contribution in [2.24, 2.45) is 5.34 Å². The molecule has 0 bridgehead atoms. The van der Waals surface area contributed by atoms with Gasteiger partial charge in [-0.25, -0.2) is 0 Å². The lowest BCUT2D eigenvalue weighted by atomic mass is 10.1. The second-order valence-electron chi connectivity index (χ2n) is 4.44. The molecule has 0 amide bonds. The highest BCUT2D eigenvalue weighted by molar-refractivity contribution is 5.43. The third kappa shape index (κ3) is 4.77. The minimum absolute atomic E-state index is 0.390. The molecule has 0 radical (unpaired) electrons. The Morgan fingerprint density at radius 2 is 1.95 bits per heavy atom. The fourth-order valence-electron chi connectivity index (χ4n) is 2.22. The maximum Gasteiger partial charge on any atom is 0.161 e. The highest BCUT2D eigenvalue weighted by Crippen LogP contribution is 2.32. The molecule has 1 aromatic rings. The molecule has 0 heterocycles. The first-order valence-electron chi connectivity index (χ1n) is 6.53. The number of hydrogen-bond acceptors (Lipinski definition) is 5.